The van der Waals surface area contributed by atoms with Gasteiger partial charge in [0.2, 0.25) is 0 Å². The number of amides is 1. The predicted molar refractivity (Wildman–Crippen MR) is 81.3 cm³/mol. The van der Waals surface area contributed by atoms with Crippen LogP contribution in [0.1, 0.15) is 49.0 Å². The number of likely N-dealkylation sites (N-methyl/N-ethyl adjacent to an activating group) is 1. The van der Waals surface area contributed by atoms with Crippen LogP contribution in [-0.4, -0.2) is 47.0 Å². The van der Waals surface area contributed by atoms with Crippen LogP contribution in [0.5, 0.6) is 0 Å². The van der Waals surface area contributed by atoms with Crippen LogP contribution in [0, 0.1) is 0 Å². The molecule has 1 aromatic heterocycles. The van der Waals surface area contributed by atoms with Gasteiger partial charge in [0.1, 0.15) is 5.69 Å². The lowest BCUT2D eigenvalue weighted by Crippen LogP contribution is -2.52. The van der Waals surface area contributed by atoms with E-state index in [-0.39, 0.29) is 22.7 Å². The summed E-state index contributed by atoms with van der Waals surface area (Å²) in [6.45, 7) is 0.593. The molecule has 0 unspecified atom stereocenters. The second kappa shape index (κ2) is 6.85. The third-order valence-electron chi connectivity index (χ3n) is 4.46. The SMILES string of the molecule is CN(C)C1(CNC(=O)c2cncc(=O)[nH]2)CCCCCC1. The molecule has 1 amide bonds. The van der Waals surface area contributed by atoms with Crippen molar-refractivity contribution >= 4 is 5.91 Å². The Hall–Kier alpha value is -1.69. The van der Waals surface area contributed by atoms with Gasteiger partial charge < -0.3 is 15.2 Å². The average molecular weight is 292 g/mol. The van der Waals surface area contributed by atoms with Gasteiger partial charge in [-0.05, 0) is 26.9 Å². The van der Waals surface area contributed by atoms with Crippen molar-refractivity contribution in [1.82, 2.24) is 20.2 Å². The van der Waals surface area contributed by atoms with Gasteiger partial charge in [-0.1, -0.05) is 25.7 Å². The molecule has 0 bridgehead atoms. The van der Waals surface area contributed by atoms with Gasteiger partial charge >= 0.3 is 0 Å². The summed E-state index contributed by atoms with van der Waals surface area (Å²) in [4.78, 5) is 31.8. The van der Waals surface area contributed by atoms with E-state index in [1.165, 1.54) is 31.9 Å². The van der Waals surface area contributed by atoms with Crippen molar-refractivity contribution in [2.24, 2.45) is 0 Å². The van der Waals surface area contributed by atoms with E-state index in [2.05, 4.69) is 34.3 Å². The molecule has 0 aromatic carbocycles. The Kier molecular flexibility index (Phi) is 5.12. The number of carbonyl (C=O) groups is 1. The number of nitrogens with one attached hydrogen (secondary N) is 2. The van der Waals surface area contributed by atoms with Gasteiger partial charge in [-0.25, -0.2) is 0 Å². The first-order valence-corrected chi connectivity index (χ1v) is 7.53. The number of hydrogen-bond donors (Lipinski definition) is 2. The predicted octanol–water partition coefficient (Wildman–Crippen LogP) is 1.15. The Morgan fingerprint density at radius 1 is 1.29 bits per heavy atom. The molecule has 1 fully saturated rings. The maximum Gasteiger partial charge on any atom is 0.269 e. The van der Waals surface area contributed by atoms with Gasteiger partial charge in [0.25, 0.3) is 11.5 Å². The van der Waals surface area contributed by atoms with Gasteiger partial charge in [-0.15, -0.1) is 0 Å². The lowest BCUT2D eigenvalue weighted by Gasteiger charge is -2.39. The summed E-state index contributed by atoms with van der Waals surface area (Å²) in [5.41, 5.74) is -0.140. The van der Waals surface area contributed by atoms with Gasteiger partial charge in [-0.3, -0.25) is 14.6 Å². The first-order chi connectivity index (χ1) is 10.0. The Morgan fingerprint density at radius 3 is 2.52 bits per heavy atom. The topological polar surface area (TPSA) is 78.1 Å². The fourth-order valence-electron chi connectivity index (χ4n) is 3.00. The first kappa shape index (κ1) is 15.7. The number of H-pyrrole nitrogens is 1. The molecule has 21 heavy (non-hydrogen) atoms. The molecule has 116 valence electrons. The standard InChI is InChI=1S/C15H24N4O2/c1-19(2)15(7-5-3-4-6-8-15)11-17-14(21)12-9-16-10-13(20)18-12/h9-10H,3-8,11H2,1-2H3,(H,17,21)(H,18,20). The van der Waals surface area contributed by atoms with Crippen molar-refractivity contribution in [2.45, 2.75) is 44.1 Å². The van der Waals surface area contributed by atoms with E-state index < -0.39 is 0 Å². The lowest BCUT2D eigenvalue weighted by molar-refractivity contribution is 0.0864. The third-order valence-corrected chi connectivity index (χ3v) is 4.46. The highest BCUT2D eigenvalue weighted by atomic mass is 16.2. The number of carbonyl (C=O) groups excluding carboxylic acids is 1. The normalized spacial score (nSPS) is 18.2. The van der Waals surface area contributed by atoms with E-state index in [9.17, 15) is 9.59 Å². The van der Waals surface area contributed by atoms with Crippen molar-refractivity contribution in [2.75, 3.05) is 20.6 Å². The largest absolute Gasteiger partial charge is 0.349 e. The van der Waals surface area contributed by atoms with E-state index in [4.69, 9.17) is 0 Å². The number of aromatic nitrogens is 2. The molecule has 0 saturated heterocycles. The maximum atomic E-state index is 12.2. The maximum absolute atomic E-state index is 12.2. The minimum Gasteiger partial charge on any atom is -0.349 e. The first-order valence-electron chi connectivity index (χ1n) is 7.53. The smallest absolute Gasteiger partial charge is 0.269 e. The molecule has 2 N–H and O–H groups in total. The second-order valence-electron chi connectivity index (χ2n) is 6.03. The van der Waals surface area contributed by atoms with Crippen molar-refractivity contribution in [1.29, 1.82) is 0 Å². The number of hydrogen-bond acceptors (Lipinski definition) is 4. The average Bonchev–Trinajstić information content (AvgIpc) is 2.71. The zero-order valence-corrected chi connectivity index (χ0v) is 12.8. The van der Waals surface area contributed by atoms with Crippen molar-refractivity contribution in [3.63, 3.8) is 0 Å². The van der Waals surface area contributed by atoms with Crippen LogP contribution in [0.3, 0.4) is 0 Å². The highest BCUT2D eigenvalue weighted by molar-refractivity contribution is 5.91. The molecule has 1 aliphatic rings. The van der Waals surface area contributed by atoms with E-state index in [1.807, 2.05) is 0 Å². The van der Waals surface area contributed by atoms with E-state index in [0.29, 0.717) is 6.54 Å². The lowest BCUT2D eigenvalue weighted by atomic mass is 9.88. The molecule has 1 heterocycles. The van der Waals surface area contributed by atoms with Crippen LogP contribution in [0.25, 0.3) is 0 Å². The van der Waals surface area contributed by atoms with Crippen molar-refractivity contribution in [3.05, 3.63) is 28.4 Å². The fraction of sp³-hybridized carbons (Fsp3) is 0.667. The highest BCUT2D eigenvalue weighted by Crippen LogP contribution is 2.30. The summed E-state index contributed by atoms with van der Waals surface area (Å²) < 4.78 is 0. The zero-order chi connectivity index (χ0) is 15.3. The Labute approximate surface area is 125 Å². The Morgan fingerprint density at radius 2 is 1.95 bits per heavy atom. The molecule has 1 saturated carbocycles. The monoisotopic (exact) mass is 292 g/mol. The molecular formula is C15H24N4O2. The van der Waals surface area contributed by atoms with E-state index >= 15 is 0 Å². The van der Waals surface area contributed by atoms with Gasteiger partial charge in [0, 0.05) is 12.1 Å². The summed E-state index contributed by atoms with van der Waals surface area (Å²) >= 11 is 0. The number of nitrogens with zero attached hydrogens (tertiary/aromatic N) is 2. The highest BCUT2D eigenvalue weighted by Gasteiger charge is 2.33. The van der Waals surface area contributed by atoms with Crippen LogP contribution in [0.4, 0.5) is 0 Å². The molecule has 6 heteroatoms. The van der Waals surface area contributed by atoms with Crippen LogP contribution >= 0.6 is 0 Å². The quantitative estimate of drug-likeness (QED) is 0.816. The zero-order valence-electron chi connectivity index (χ0n) is 12.8. The molecule has 0 atom stereocenters. The van der Waals surface area contributed by atoms with Gasteiger partial charge in [-0.2, -0.15) is 0 Å². The molecule has 0 spiro atoms. The number of aromatic amines is 1. The van der Waals surface area contributed by atoms with E-state index in [0.717, 1.165) is 19.0 Å². The Balaban J connectivity index is 2.04. The summed E-state index contributed by atoms with van der Waals surface area (Å²) in [6, 6.07) is 0. The van der Waals surface area contributed by atoms with Crippen LogP contribution in [0.2, 0.25) is 0 Å². The van der Waals surface area contributed by atoms with Crippen LogP contribution < -0.4 is 10.9 Å². The Bertz CT molecular complexity index is 530. The summed E-state index contributed by atoms with van der Waals surface area (Å²) in [6.07, 6.45) is 9.62. The molecule has 6 nitrogen and oxygen atoms in total. The molecular weight excluding hydrogens is 268 g/mol. The van der Waals surface area contributed by atoms with Crippen molar-refractivity contribution in [3.8, 4) is 0 Å². The fourth-order valence-corrected chi connectivity index (χ4v) is 3.00. The van der Waals surface area contributed by atoms with Crippen molar-refractivity contribution < 1.29 is 4.79 Å². The molecule has 1 aliphatic carbocycles. The summed E-state index contributed by atoms with van der Waals surface area (Å²) in [5.74, 6) is -0.273. The summed E-state index contributed by atoms with van der Waals surface area (Å²) in [5, 5.41) is 2.96. The van der Waals surface area contributed by atoms with Crippen LogP contribution in [-0.2, 0) is 0 Å². The molecule has 0 aliphatic heterocycles. The van der Waals surface area contributed by atoms with Gasteiger partial charge in [0.05, 0.1) is 12.4 Å². The van der Waals surface area contributed by atoms with Gasteiger partial charge in [0.15, 0.2) is 0 Å². The second-order valence-corrected chi connectivity index (χ2v) is 6.03. The van der Waals surface area contributed by atoms with Crippen LogP contribution in [0.15, 0.2) is 17.2 Å². The summed E-state index contributed by atoms with van der Waals surface area (Å²) in [7, 11) is 4.15. The van der Waals surface area contributed by atoms with E-state index in [1.54, 1.807) is 0 Å². The minimum atomic E-state index is -0.362. The third kappa shape index (κ3) is 3.91. The minimum absolute atomic E-state index is 0.00859. The molecule has 0 radical (unpaired) electrons. The molecule has 1 aromatic rings. The number of rotatable bonds is 4. The molecule has 2 rings (SSSR count).